The van der Waals surface area contributed by atoms with E-state index in [1.165, 1.54) is 36.5 Å². The molecule has 0 rings (SSSR count). The average molecular weight is 214 g/mol. The van der Waals surface area contributed by atoms with Crippen LogP contribution in [-0.2, 0) is 0 Å². The smallest absolute Gasteiger partial charge is 0.00971 e. The molecule has 0 saturated heterocycles. The van der Waals surface area contributed by atoms with Crippen LogP contribution in [0.5, 0.6) is 0 Å². The topological polar surface area (TPSA) is 0 Å². The molecule has 0 amide bonds. The molecule has 0 atom stereocenters. The zero-order valence-electron chi connectivity index (χ0n) is 10.4. The van der Waals surface area contributed by atoms with Crippen LogP contribution in [0.25, 0.3) is 0 Å². The van der Waals surface area contributed by atoms with E-state index in [0.717, 1.165) is 6.42 Å². The Hall–Kier alpha value is -0.0900. The van der Waals surface area contributed by atoms with Crippen LogP contribution in [0.1, 0.15) is 53.4 Å². The second kappa shape index (κ2) is 8.24. The van der Waals surface area contributed by atoms with Crippen LogP contribution in [-0.4, -0.2) is 17.3 Å². The van der Waals surface area contributed by atoms with Gasteiger partial charge in [0, 0.05) is 6.42 Å². The standard InChI is InChI=1S/C13H26S/c1-5-9-10-11-12-13-14(6-2,7-3)8-4/h5-11H2,1-4H3. The molecule has 0 aliphatic carbocycles. The molecule has 0 heterocycles. The van der Waals surface area contributed by atoms with Gasteiger partial charge >= 0.3 is 0 Å². The van der Waals surface area contributed by atoms with Crippen LogP contribution in [0.2, 0.25) is 0 Å². The zero-order chi connectivity index (χ0) is 10.9. The van der Waals surface area contributed by atoms with E-state index in [1.54, 1.807) is 0 Å². The van der Waals surface area contributed by atoms with E-state index in [-0.39, 0.29) is 0 Å². The second-order valence-corrected chi connectivity index (χ2v) is 7.67. The van der Waals surface area contributed by atoms with Crippen molar-refractivity contribution in [3.05, 3.63) is 0 Å². The summed E-state index contributed by atoms with van der Waals surface area (Å²) in [4.78, 5) is 0. The average Bonchev–Trinajstić information content (AvgIpc) is 2.24. The van der Waals surface area contributed by atoms with Gasteiger partial charge in [-0.1, -0.05) is 51.7 Å². The molecule has 1 heteroatoms. The van der Waals surface area contributed by atoms with Gasteiger partial charge in [0.15, 0.2) is 0 Å². The van der Waals surface area contributed by atoms with Crippen LogP contribution in [0.15, 0.2) is 0 Å². The van der Waals surface area contributed by atoms with Crippen molar-refractivity contribution in [1.29, 1.82) is 0 Å². The predicted molar refractivity (Wildman–Crippen MR) is 71.1 cm³/mol. The van der Waals surface area contributed by atoms with Gasteiger partial charge in [0.2, 0.25) is 0 Å². The van der Waals surface area contributed by atoms with Gasteiger partial charge < -0.3 is 0 Å². The van der Waals surface area contributed by atoms with Crippen molar-refractivity contribution in [3.8, 4) is 11.2 Å². The monoisotopic (exact) mass is 214 g/mol. The fourth-order valence-electron chi connectivity index (χ4n) is 1.50. The maximum absolute atomic E-state index is 3.57. The molecule has 0 aromatic rings. The van der Waals surface area contributed by atoms with Crippen LogP contribution < -0.4 is 0 Å². The van der Waals surface area contributed by atoms with Crippen LogP contribution >= 0.6 is 10.0 Å². The highest BCUT2D eigenvalue weighted by atomic mass is 32.3. The minimum absolute atomic E-state index is 0.559. The van der Waals surface area contributed by atoms with Crippen LogP contribution in [0, 0.1) is 11.2 Å². The first kappa shape index (κ1) is 13.9. The molecule has 0 radical (unpaired) electrons. The van der Waals surface area contributed by atoms with E-state index in [1.807, 2.05) is 0 Å². The number of unbranched alkanes of at least 4 members (excludes halogenated alkanes) is 3. The van der Waals surface area contributed by atoms with E-state index >= 15 is 0 Å². The summed E-state index contributed by atoms with van der Waals surface area (Å²) in [5.74, 6) is 7.24. The first-order chi connectivity index (χ1) is 6.74. The van der Waals surface area contributed by atoms with E-state index in [4.69, 9.17) is 0 Å². The third kappa shape index (κ3) is 4.96. The zero-order valence-corrected chi connectivity index (χ0v) is 11.2. The lowest BCUT2D eigenvalue weighted by Gasteiger charge is -2.30. The van der Waals surface area contributed by atoms with Gasteiger partial charge in [-0.25, -0.2) is 0 Å². The maximum atomic E-state index is 3.57. The van der Waals surface area contributed by atoms with E-state index < -0.39 is 10.0 Å². The van der Waals surface area contributed by atoms with Crippen molar-refractivity contribution in [2.24, 2.45) is 0 Å². The van der Waals surface area contributed by atoms with Crippen molar-refractivity contribution >= 4 is 10.0 Å². The lowest BCUT2D eigenvalue weighted by molar-refractivity contribution is 0.737. The third-order valence-corrected chi connectivity index (χ3v) is 6.74. The van der Waals surface area contributed by atoms with Gasteiger partial charge in [-0.05, 0) is 23.7 Å². The Morgan fingerprint density at radius 3 is 1.86 bits per heavy atom. The Bertz CT molecular complexity index is 173. The Labute approximate surface area is 92.2 Å². The van der Waals surface area contributed by atoms with Crippen molar-refractivity contribution in [2.75, 3.05) is 17.3 Å². The Balaban J connectivity index is 4.00. The lowest BCUT2D eigenvalue weighted by atomic mass is 10.2. The quantitative estimate of drug-likeness (QED) is 0.454. The summed E-state index contributed by atoms with van der Waals surface area (Å²) >= 11 is 0. The first-order valence-corrected chi connectivity index (χ1v) is 8.14. The number of hydrogen-bond donors (Lipinski definition) is 0. The summed E-state index contributed by atoms with van der Waals surface area (Å²) in [6.45, 7) is 9.13. The van der Waals surface area contributed by atoms with E-state index in [0.29, 0.717) is 0 Å². The predicted octanol–water partition coefficient (Wildman–Crippen LogP) is 4.39. The molecular formula is C13H26S. The number of rotatable bonds is 6. The molecule has 0 spiro atoms. The summed E-state index contributed by atoms with van der Waals surface area (Å²) < 4.78 is 0. The molecule has 0 N–H and O–H groups in total. The minimum Gasteiger partial charge on any atom is -0.178 e. The van der Waals surface area contributed by atoms with Crippen LogP contribution in [0.3, 0.4) is 0 Å². The van der Waals surface area contributed by atoms with Crippen LogP contribution in [0.4, 0.5) is 0 Å². The summed E-state index contributed by atoms with van der Waals surface area (Å²) in [6, 6.07) is 0. The Morgan fingerprint density at radius 1 is 0.857 bits per heavy atom. The molecule has 0 saturated carbocycles. The van der Waals surface area contributed by atoms with Gasteiger partial charge in [0.25, 0.3) is 0 Å². The van der Waals surface area contributed by atoms with E-state index in [9.17, 15) is 0 Å². The molecule has 0 aromatic carbocycles. The van der Waals surface area contributed by atoms with Crippen molar-refractivity contribution in [3.63, 3.8) is 0 Å². The highest BCUT2D eigenvalue weighted by Crippen LogP contribution is 2.45. The fourth-order valence-corrected chi connectivity index (χ4v) is 3.56. The molecule has 0 aliphatic heterocycles. The fraction of sp³-hybridized carbons (Fsp3) is 0.846. The minimum atomic E-state index is -0.559. The molecule has 0 bridgehead atoms. The third-order valence-electron chi connectivity index (χ3n) is 2.85. The second-order valence-electron chi connectivity index (χ2n) is 3.65. The van der Waals surface area contributed by atoms with Gasteiger partial charge in [0.1, 0.15) is 0 Å². The van der Waals surface area contributed by atoms with Gasteiger partial charge in [-0.2, -0.15) is 10.0 Å². The molecule has 0 unspecified atom stereocenters. The first-order valence-electron chi connectivity index (χ1n) is 6.00. The van der Waals surface area contributed by atoms with Gasteiger partial charge in [0.05, 0.1) is 0 Å². The lowest BCUT2D eigenvalue weighted by Crippen LogP contribution is -2.05. The Kier molecular flexibility index (Phi) is 8.18. The molecule has 0 aliphatic rings. The summed E-state index contributed by atoms with van der Waals surface area (Å²) in [6.07, 6.45) is 5.04. The van der Waals surface area contributed by atoms with E-state index in [2.05, 4.69) is 38.9 Å². The largest absolute Gasteiger partial charge is 0.178 e. The molecule has 0 fully saturated rings. The molecule has 0 aromatic heterocycles. The highest BCUT2D eigenvalue weighted by Gasteiger charge is 2.13. The van der Waals surface area contributed by atoms with Gasteiger partial charge in [-0.15, -0.1) is 0 Å². The summed E-state index contributed by atoms with van der Waals surface area (Å²) in [5, 5.41) is 3.57. The van der Waals surface area contributed by atoms with Crippen molar-refractivity contribution < 1.29 is 0 Å². The molecule has 14 heavy (non-hydrogen) atoms. The normalized spacial score (nSPS) is 12.0. The highest BCUT2D eigenvalue weighted by molar-refractivity contribution is 8.37. The maximum Gasteiger partial charge on any atom is 0.00971 e. The summed E-state index contributed by atoms with van der Waals surface area (Å²) in [7, 11) is -0.559. The molecule has 0 nitrogen and oxygen atoms in total. The molecule has 84 valence electrons. The molecular weight excluding hydrogens is 188 g/mol. The summed E-state index contributed by atoms with van der Waals surface area (Å²) in [5.41, 5.74) is 0. The van der Waals surface area contributed by atoms with Gasteiger partial charge in [-0.3, -0.25) is 0 Å². The van der Waals surface area contributed by atoms with Crippen molar-refractivity contribution in [1.82, 2.24) is 0 Å². The number of hydrogen-bond acceptors (Lipinski definition) is 0. The SMILES string of the molecule is CCCCCC#CS(CC)(CC)CC. The Morgan fingerprint density at radius 2 is 1.43 bits per heavy atom. The van der Waals surface area contributed by atoms with Crippen molar-refractivity contribution in [2.45, 2.75) is 53.4 Å².